The fourth-order valence-corrected chi connectivity index (χ4v) is 2.79. The number of hydrogen-bond donors (Lipinski definition) is 1. The van der Waals surface area contributed by atoms with Gasteiger partial charge in [0.2, 0.25) is 0 Å². The van der Waals surface area contributed by atoms with Gasteiger partial charge in [-0.15, -0.1) is 0 Å². The minimum atomic E-state index is -4.35. The van der Waals surface area contributed by atoms with E-state index >= 15 is 0 Å². The monoisotopic (exact) mass is 258 g/mol. The Morgan fingerprint density at radius 1 is 1.28 bits per heavy atom. The van der Waals surface area contributed by atoms with Crippen molar-refractivity contribution >= 4 is 0 Å². The first kappa shape index (κ1) is 13.4. The van der Waals surface area contributed by atoms with Gasteiger partial charge in [0.15, 0.2) is 0 Å². The van der Waals surface area contributed by atoms with Crippen molar-refractivity contribution in [1.82, 2.24) is 0 Å². The van der Waals surface area contributed by atoms with Gasteiger partial charge in [0.25, 0.3) is 0 Å². The maximum absolute atomic E-state index is 12.6. The van der Waals surface area contributed by atoms with Crippen LogP contribution >= 0.6 is 0 Å². The van der Waals surface area contributed by atoms with Crippen molar-refractivity contribution in [2.24, 2.45) is 11.8 Å². The molecule has 0 spiro atoms. The Bertz CT molecular complexity index is 414. The first-order valence-electron chi connectivity index (χ1n) is 6.25. The molecule has 0 aliphatic heterocycles. The van der Waals surface area contributed by atoms with Gasteiger partial charge in [0.1, 0.15) is 0 Å². The maximum Gasteiger partial charge on any atom is 0.416 e. The lowest BCUT2D eigenvalue weighted by molar-refractivity contribution is -0.137. The van der Waals surface area contributed by atoms with Crippen LogP contribution < -0.4 is 0 Å². The Morgan fingerprint density at radius 3 is 2.56 bits per heavy atom. The lowest BCUT2D eigenvalue weighted by Gasteiger charge is -2.23. The van der Waals surface area contributed by atoms with Crippen molar-refractivity contribution in [3.63, 3.8) is 0 Å². The molecule has 0 aromatic heterocycles. The lowest BCUT2D eigenvalue weighted by atomic mass is 9.87. The summed E-state index contributed by atoms with van der Waals surface area (Å²) in [5.74, 6) is 0.447. The summed E-state index contributed by atoms with van der Waals surface area (Å²) in [5.41, 5.74) is -0.312. The van der Waals surface area contributed by atoms with Crippen LogP contribution in [0.2, 0.25) is 0 Å². The molecule has 100 valence electrons. The van der Waals surface area contributed by atoms with Gasteiger partial charge >= 0.3 is 6.18 Å². The van der Waals surface area contributed by atoms with Gasteiger partial charge in [-0.1, -0.05) is 31.9 Å². The van der Waals surface area contributed by atoms with Crippen LogP contribution in [0.3, 0.4) is 0 Å². The van der Waals surface area contributed by atoms with Gasteiger partial charge in [0.05, 0.1) is 11.7 Å². The largest absolute Gasteiger partial charge is 0.416 e. The molecule has 0 saturated heterocycles. The van der Waals surface area contributed by atoms with Gasteiger partial charge in [0, 0.05) is 0 Å². The van der Waals surface area contributed by atoms with E-state index in [0.29, 0.717) is 11.5 Å². The average molecular weight is 258 g/mol. The molecule has 1 N–H and O–H groups in total. The van der Waals surface area contributed by atoms with Crippen molar-refractivity contribution < 1.29 is 18.3 Å². The van der Waals surface area contributed by atoms with Crippen LogP contribution in [-0.4, -0.2) is 5.11 Å². The number of aliphatic hydroxyl groups excluding tert-OH is 1. The van der Waals surface area contributed by atoms with Crippen molar-refractivity contribution in [2.45, 2.75) is 38.5 Å². The third-order valence-electron chi connectivity index (χ3n) is 3.89. The minimum Gasteiger partial charge on any atom is -0.388 e. The average Bonchev–Trinajstić information content (AvgIpc) is 2.73. The molecule has 1 saturated carbocycles. The molecule has 1 aromatic rings. The van der Waals surface area contributed by atoms with E-state index in [1.807, 2.05) is 0 Å². The van der Waals surface area contributed by atoms with E-state index in [1.54, 1.807) is 6.07 Å². The SMILES string of the molecule is CC1CCCC1C(O)c1cccc(C(F)(F)F)c1. The summed E-state index contributed by atoms with van der Waals surface area (Å²) in [6.45, 7) is 2.05. The zero-order valence-corrected chi connectivity index (χ0v) is 10.2. The standard InChI is InChI=1S/C14H17F3O/c1-9-4-2-7-12(9)13(18)10-5-3-6-11(8-10)14(15,16)17/h3,5-6,8-9,12-13,18H,2,4,7H2,1H3. The van der Waals surface area contributed by atoms with Crippen LogP contribution in [0.15, 0.2) is 24.3 Å². The molecule has 1 fully saturated rings. The van der Waals surface area contributed by atoms with Crippen LogP contribution in [0.1, 0.15) is 43.4 Å². The summed E-state index contributed by atoms with van der Waals surface area (Å²) in [6, 6.07) is 5.04. The number of alkyl halides is 3. The second-order valence-electron chi connectivity index (χ2n) is 5.14. The summed E-state index contributed by atoms with van der Waals surface area (Å²) in [4.78, 5) is 0. The fraction of sp³-hybridized carbons (Fsp3) is 0.571. The molecule has 1 aliphatic rings. The van der Waals surface area contributed by atoms with Crippen molar-refractivity contribution in [3.05, 3.63) is 35.4 Å². The van der Waals surface area contributed by atoms with Gasteiger partial charge in [-0.3, -0.25) is 0 Å². The number of halogens is 3. The molecule has 0 amide bonds. The van der Waals surface area contributed by atoms with Crippen LogP contribution in [0.4, 0.5) is 13.2 Å². The van der Waals surface area contributed by atoms with E-state index < -0.39 is 17.8 Å². The highest BCUT2D eigenvalue weighted by molar-refractivity contribution is 5.27. The van der Waals surface area contributed by atoms with Crippen molar-refractivity contribution in [3.8, 4) is 0 Å². The number of aliphatic hydroxyl groups is 1. The topological polar surface area (TPSA) is 20.2 Å². The summed E-state index contributed by atoms with van der Waals surface area (Å²) in [6.07, 6.45) is -2.16. The Labute approximate surface area is 105 Å². The Balaban J connectivity index is 2.23. The zero-order chi connectivity index (χ0) is 13.3. The first-order valence-corrected chi connectivity index (χ1v) is 6.25. The third-order valence-corrected chi connectivity index (χ3v) is 3.89. The summed E-state index contributed by atoms with van der Waals surface area (Å²) in [7, 11) is 0. The predicted octanol–water partition coefficient (Wildman–Crippen LogP) is 4.18. The second-order valence-corrected chi connectivity index (χ2v) is 5.14. The van der Waals surface area contributed by atoms with Crippen LogP contribution in [0.25, 0.3) is 0 Å². The Kier molecular flexibility index (Phi) is 3.66. The first-order chi connectivity index (χ1) is 8.39. The van der Waals surface area contributed by atoms with Gasteiger partial charge in [-0.25, -0.2) is 0 Å². The predicted molar refractivity (Wildman–Crippen MR) is 62.9 cm³/mol. The van der Waals surface area contributed by atoms with Crippen LogP contribution in [0, 0.1) is 11.8 Å². The summed E-state index contributed by atoms with van der Waals surface area (Å²) >= 11 is 0. The van der Waals surface area contributed by atoms with E-state index in [1.165, 1.54) is 6.07 Å². The van der Waals surface area contributed by atoms with Gasteiger partial charge in [-0.05, 0) is 36.0 Å². The molecular formula is C14H17F3O. The van der Waals surface area contributed by atoms with Crippen LogP contribution in [0.5, 0.6) is 0 Å². The quantitative estimate of drug-likeness (QED) is 0.843. The maximum atomic E-state index is 12.6. The molecule has 0 bridgehead atoms. The molecule has 1 aliphatic carbocycles. The normalized spacial score (nSPS) is 26.3. The number of hydrogen-bond acceptors (Lipinski definition) is 1. The summed E-state index contributed by atoms with van der Waals surface area (Å²) < 4.78 is 37.8. The smallest absolute Gasteiger partial charge is 0.388 e. The van der Waals surface area contributed by atoms with Crippen molar-refractivity contribution in [1.29, 1.82) is 0 Å². The van der Waals surface area contributed by atoms with E-state index in [9.17, 15) is 18.3 Å². The van der Waals surface area contributed by atoms with Gasteiger partial charge < -0.3 is 5.11 Å². The van der Waals surface area contributed by atoms with E-state index in [2.05, 4.69) is 6.92 Å². The van der Waals surface area contributed by atoms with Gasteiger partial charge in [-0.2, -0.15) is 13.2 Å². The molecule has 1 aromatic carbocycles. The molecule has 3 atom stereocenters. The Morgan fingerprint density at radius 2 is 2.00 bits per heavy atom. The van der Waals surface area contributed by atoms with E-state index in [4.69, 9.17) is 0 Å². The molecule has 1 nitrogen and oxygen atoms in total. The highest BCUT2D eigenvalue weighted by Gasteiger charge is 2.34. The van der Waals surface area contributed by atoms with E-state index in [-0.39, 0.29) is 5.92 Å². The molecule has 0 heterocycles. The van der Waals surface area contributed by atoms with Crippen LogP contribution in [-0.2, 0) is 6.18 Å². The fourth-order valence-electron chi connectivity index (χ4n) is 2.79. The molecular weight excluding hydrogens is 241 g/mol. The molecule has 0 radical (unpaired) electrons. The van der Waals surface area contributed by atoms with E-state index in [0.717, 1.165) is 31.4 Å². The molecule has 2 rings (SSSR count). The van der Waals surface area contributed by atoms with Crippen molar-refractivity contribution in [2.75, 3.05) is 0 Å². The molecule has 3 unspecified atom stereocenters. The number of benzene rings is 1. The highest BCUT2D eigenvalue weighted by atomic mass is 19.4. The third kappa shape index (κ3) is 2.69. The highest BCUT2D eigenvalue weighted by Crippen LogP contribution is 2.41. The molecule has 18 heavy (non-hydrogen) atoms. The number of rotatable bonds is 2. The second kappa shape index (κ2) is 4.92. The zero-order valence-electron chi connectivity index (χ0n) is 10.2. The summed E-state index contributed by atoms with van der Waals surface area (Å²) in [5, 5.41) is 10.2. The lowest BCUT2D eigenvalue weighted by Crippen LogP contribution is -2.16. The minimum absolute atomic E-state index is 0.0773. The molecule has 4 heteroatoms. The Hall–Kier alpha value is -1.03.